The lowest BCUT2D eigenvalue weighted by atomic mass is 10.1. The van der Waals surface area contributed by atoms with Gasteiger partial charge in [0.05, 0.1) is 30.9 Å². The van der Waals surface area contributed by atoms with Crippen molar-refractivity contribution in [3.8, 4) is 23.0 Å². The summed E-state index contributed by atoms with van der Waals surface area (Å²) in [7, 11) is 0. The van der Waals surface area contributed by atoms with E-state index in [2.05, 4.69) is 18.8 Å². The van der Waals surface area contributed by atoms with Gasteiger partial charge >= 0.3 is 17.9 Å². The number of carbonyl (C=O) groups is 3. The first kappa shape index (κ1) is 39.7. The minimum atomic E-state index is -0.721. The molecule has 278 valence electrons. The van der Waals surface area contributed by atoms with Gasteiger partial charge in [0.15, 0.2) is 0 Å². The lowest BCUT2D eigenvalue weighted by Crippen LogP contribution is -2.15. The zero-order chi connectivity index (χ0) is 36.8. The third-order valence-electron chi connectivity index (χ3n) is 8.58. The highest BCUT2D eigenvalue weighted by atomic mass is 16.6. The van der Waals surface area contributed by atoms with Gasteiger partial charge in [-0.25, -0.2) is 14.4 Å². The normalized spacial score (nSPS) is 10.8. The summed E-state index contributed by atoms with van der Waals surface area (Å²) in [4.78, 5) is 42.4. The molecule has 0 unspecified atom stereocenters. The first-order valence-corrected chi connectivity index (χ1v) is 18.8. The van der Waals surface area contributed by atoms with E-state index in [1.165, 1.54) is 69.6 Å². The number of ether oxygens (including phenoxy) is 5. The third-order valence-corrected chi connectivity index (χ3v) is 8.58. The standard InChI is InChI=1S/C43H53NO8/c1-3-5-7-9-11-13-28-48-36-19-15-34(16-20-36)41(45)51-38-23-24-40(39(31-38)43(47)50-30-26-33-25-27-44-32-33)52-42(46)35-17-21-37(22-18-35)49-29-14-12-10-8-6-4-2/h15-25,27,31-32,44H,3-14,26,28-30H2,1-2H3. The molecule has 0 bridgehead atoms. The number of esters is 3. The van der Waals surface area contributed by atoms with E-state index in [0.29, 0.717) is 36.7 Å². The molecule has 1 N–H and O–H groups in total. The van der Waals surface area contributed by atoms with Gasteiger partial charge in [-0.15, -0.1) is 0 Å². The summed E-state index contributed by atoms with van der Waals surface area (Å²) in [6.45, 7) is 5.74. The molecule has 4 aromatic rings. The number of aromatic amines is 1. The first-order valence-electron chi connectivity index (χ1n) is 18.8. The van der Waals surface area contributed by atoms with Gasteiger partial charge in [0.2, 0.25) is 0 Å². The highest BCUT2D eigenvalue weighted by molar-refractivity contribution is 5.97. The second-order valence-corrected chi connectivity index (χ2v) is 12.8. The average molecular weight is 712 g/mol. The molecular weight excluding hydrogens is 658 g/mol. The minimum absolute atomic E-state index is 0.0216. The van der Waals surface area contributed by atoms with E-state index >= 15 is 0 Å². The van der Waals surface area contributed by atoms with E-state index in [9.17, 15) is 14.4 Å². The summed E-state index contributed by atoms with van der Waals surface area (Å²) >= 11 is 0. The highest BCUT2D eigenvalue weighted by Gasteiger charge is 2.21. The summed E-state index contributed by atoms with van der Waals surface area (Å²) in [5.74, 6) is -0.578. The topological polar surface area (TPSA) is 113 Å². The SMILES string of the molecule is CCCCCCCCOc1ccc(C(=O)Oc2ccc(OC(=O)c3ccc(OCCCCCCCC)cc3)c(C(=O)OCCc3cc[nH]c3)c2)cc1. The molecule has 0 saturated carbocycles. The molecule has 4 rings (SSSR count). The van der Waals surface area contributed by atoms with Gasteiger partial charge in [0.1, 0.15) is 28.6 Å². The fourth-order valence-electron chi connectivity index (χ4n) is 5.52. The zero-order valence-corrected chi connectivity index (χ0v) is 30.7. The number of nitrogens with one attached hydrogen (secondary N) is 1. The van der Waals surface area contributed by atoms with Crippen molar-refractivity contribution >= 4 is 17.9 Å². The Labute approximate surface area is 308 Å². The van der Waals surface area contributed by atoms with Crippen molar-refractivity contribution in [2.45, 2.75) is 97.3 Å². The zero-order valence-electron chi connectivity index (χ0n) is 30.7. The smallest absolute Gasteiger partial charge is 0.343 e. The molecule has 0 radical (unpaired) electrons. The van der Waals surface area contributed by atoms with E-state index in [0.717, 1.165) is 31.2 Å². The van der Waals surface area contributed by atoms with Crippen LogP contribution in [0.1, 0.15) is 128 Å². The van der Waals surface area contributed by atoms with E-state index in [1.54, 1.807) is 54.7 Å². The average Bonchev–Trinajstić information content (AvgIpc) is 3.69. The quantitative estimate of drug-likeness (QED) is 0.0434. The Morgan fingerprint density at radius 1 is 0.538 bits per heavy atom. The van der Waals surface area contributed by atoms with Crippen molar-refractivity contribution in [2.24, 2.45) is 0 Å². The van der Waals surface area contributed by atoms with Crippen molar-refractivity contribution < 1.29 is 38.1 Å². The van der Waals surface area contributed by atoms with Crippen LogP contribution in [0.5, 0.6) is 23.0 Å². The van der Waals surface area contributed by atoms with Crippen LogP contribution >= 0.6 is 0 Å². The molecule has 52 heavy (non-hydrogen) atoms. The molecule has 0 atom stereocenters. The predicted molar refractivity (Wildman–Crippen MR) is 202 cm³/mol. The van der Waals surface area contributed by atoms with Crippen molar-refractivity contribution in [2.75, 3.05) is 19.8 Å². The Bertz CT molecular complexity index is 1630. The Kier molecular flexibility index (Phi) is 17.3. The number of carbonyl (C=O) groups excluding carboxylic acids is 3. The van der Waals surface area contributed by atoms with Crippen molar-refractivity contribution in [3.05, 3.63) is 107 Å². The van der Waals surface area contributed by atoms with Crippen LogP contribution in [0.15, 0.2) is 85.2 Å². The Balaban J connectivity index is 1.36. The Morgan fingerprint density at radius 3 is 1.60 bits per heavy atom. The van der Waals surface area contributed by atoms with Gasteiger partial charge in [-0.1, -0.05) is 78.1 Å². The molecule has 1 heterocycles. The number of H-pyrrole nitrogens is 1. The van der Waals surface area contributed by atoms with E-state index in [4.69, 9.17) is 23.7 Å². The molecule has 0 aliphatic rings. The maximum Gasteiger partial charge on any atom is 0.343 e. The molecule has 0 spiro atoms. The fraction of sp³-hybridized carbons (Fsp3) is 0.419. The third kappa shape index (κ3) is 13.9. The molecule has 0 fully saturated rings. The van der Waals surface area contributed by atoms with E-state index in [-0.39, 0.29) is 29.2 Å². The predicted octanol–water partition coefficient (Wildman–Crippen LogP) is 10.3. The number of aromatic nitrogens is 1. The summed E-state index contributed by atoms with van der Waals surface area (Å²) < 4.78 is 28.5. The summed E-state index contributed by atoms with van der Waals surface area (Å²) in [6, 6.07) is 19.5. The second-order valence-electron chi connectivity index (χ2n) is 12.8. The van der Waals surface area contributed by atoms with Crippen LogP contribution < -0.4 is 18.9 Å². The van der Waals surface area contributed by atoms with Crippen LogP contribution in [-0.4, -0.2) is 42.7 Å². The second kappa shape index (κ2) is 22.7. The van der Waals surface area contributed by atoms with Crippen LogP contribution in [-0.2, 0) is 11.2 Å². The maximum atomic E-state index is 13.3. The summed E-state index contributed by atoms with van der Waals surface area (Å²) in [5.41, 5.74) is 1.52. The molecule has 3 aromatic carbocycles. The number of hydrogen-bond acceptors (Lipinski definition) is 8. The van der Waals surface area contributed by atoms with Crippen LogP contribution in [0.4, 0.5) is 0 Å². The maximum absolute atomic E-state index is 13.3. The molecule has 0 aliphatic carbocycles. The minimum Gasteiger partial charge on any atom is -0.494 e. The fourth-order valence-corrected chi connectivity index (χ4v) is 5.52. The molecule has 0 aliphatic heterocycles. The van der Waals surface area contributed by atoms with Crippen LogP contribution in [0.3, 0.4) is 0 Å². The Morgan fingerprint density at radius 2 is 1.06 bits per heavy atom. The largest absolute Gasteiger partial charge is 0.494 e. The van der Waals surface area contributed by atoms with Gasteiger partial charge in [-0.2, -0.15) is 0 Å². The molecule has 0 saturated heterocycles. The van der Waals surface area contributed by atoms with E-state index < -0.39 is 17.9 Å². The number of rotatable bonds is 24. The van der Waals surface area contributed by atoms with Crippen molar-refractivity contribution in [1.82, 2.24) is 4.98 Å². The van der Waals surface area contributed by atoms with Crippen LogP contribution in [0.2, 0.25) is 0 Å². The molecule has 0 amide bonds. The lowest BCUT2D eigenvalue weighted by Gasteiger charge is -2.13. The molecule has 1 aromatic heterocycles. The van der Waals surface area contributed by atoms with E-state index in [1.807, 2.05) is 12.3 Å². The number of unbranched alkanes of at least 4 members (excludes halogenated alkanes) is 10. The van der Waals surface area contributed by atoms with Gasteiger partial charge < -0.3 is 28.7 Å². The molecular formula is C43H53NO8. The molecule has 9 heteroatoms. The summed E-state index contributed by atoms with van der Waals surface area (Å²) in [5, 5.41) is 0. The highest BCUT2D eigenvalue weighted by Crippen LogP contribution is 2.28. The first-order chi connectivity index (χ1) is 25.5. The van der Waals surface area contributed by atoms with Crippen LogP contribution in [0, 0.1) is 0 Å². The number of benzene rings is 3. The van der Waals surface area contributed by atoms with Gasteiger partial charge in [0.25, 0.3) is 0 Å². The van der Waals surface area contributed by atoms with Crippen LogP contribution in [0.25, 0.3) is 0 Å². The monoisotopic (exact) mass is 711 g/mol. The lowest BCUT2D eigenvalue weighted by molar-refractivity contribution is 0.0501. The summed E-state index contributed by atoms with van der Waals surface area (Å²) in [6.07, 6.45) is 18.2. The van der Waals surface area contributed by atoms with Gasteiger partial charge in [-0.3, -0.25) is 0 Å². The van der Waals surface area contributed by atoms with Crippen molar-refractivity contribution in [3.63, 3.8) is 0 Å². The number of hydrogen-bond donors (Lipinski definition) is 1. The molecule has 9 nitrogen and oxygen atoms in total. The van der Waals surface area contributed by atoms with Gasteiger partial charge in [0, 0.05) is 18.8 Å². The van der Waals surface area contributed by atoms with Crippen molar-refractivity contribution in [1.29, 1.82) is 0 Å². The Hall–Kier alpha value is -5.05. The van der Waals surface area contributed by atoms with Gasteiger partial charge in [-0.05, 0) is 91.2 Å².